The molecule has 0 N–H and O–H groups in total. The minimum Gasteiger partial charge on any atom is -0.367 e. The molecule has 0 saturated heterocycles. The largest absolute Gasteiger partial charge is 0.367 e. The molecule has 130 valence electrons. The van der Waals surface area contributed by atoms with Crippen LogP contribution in [0.4, 0.5) is 4.39 Å². The van der Waals surface area contributed by atoms with Crippen molar-refractivity contribution >= 4 is 10.8 Å². The van der Waals surface area contributed by atoms with Gasteiger partial charge in [0.2, 0.25) is 0 Å². The molecule has 0 spiro atoms. The SMILES string of the molecule is Fc1ccc(COC(Cn2ccnc2)c2ccc3ccccc3c2)cc1. The lowest BCUT2D eigenvalue weighted by Gasteiger charge is -2.20. The van der Waals surface area contributed by atoms with Gasteiger partial charge in [-0.2, -0.15) is 0 Å². The molecular formula is C22H19FN2O. The van der Waals surface area contributed by atoms with Gasteiger partial charge in [-0.05, 0) is 40.1 Å². The molecule has 4 heteroatoms. The van der Waals surface area contributed by atoms with Crippen molar-refractivity contribution in [3.8, 4) is 0 Å². The number of ether oxygens (including phenoxy) is 1. The Morgan fingerprint density at radius 3 is 2.54 bits per heavy atom. The van der Waals surface area contributed by atoms with E-state index < -0.39 is 0 Å². The molecule has 1 aromatic heterocycles. The Hall–Kier alpha value is -2.98. The highest BCUT2D eigenvalue weighted by atomic mass is 19.1. The smallest absolute Gasteiger partial charge is 0.123 e. The van der Waals surface area contributed by atoms with E-state index in [0.717, 1.165) is 11.1 Å². The molecule has 3 nitrogen and oxygen atoms in total. The number of benzene rings is 3. The number of hydrogen-bond acceptors (Lipinski definition) is 2. The summed E-state index contributed by atoms with van der Waals surface area (Å²) in [5.74, 6) is -0.238. The normalized spacial score (nSPS) is 12.3. The molecule has 0 aliphatic carbocycles. The third-order valence-corrected chi connectivity index (χ3v) is 4.45. The van der Waals surface area contributed by atoms with E-state index in [-0.39, 0.29) is 11.9 Å². The second kappa shape index (κ2) is 7.50. The van der Waals surface area contributed by atoms with E-state index >= 15 is 0 Å². The summed E-state index contributed by atoms with van der Waals surface area (Å²) in [6.45, 7) is 1.09. The predicted octanol–water partition coefficient (Wildman–Crippen LogP) is 5.13. The van der Waals surface area contributed by atoms with E-state index in [1.807, 2.05) is 22.9 Å². The van der Waals surface area contributed by atoms with Gasteiger partial charge >= 0.3 is 0 Å². The van der Waals surface area contributed by atoms with Gasteiger partial charge in [-0.15, -0.1) is 0 Å². The summed E-state index contributed by atoms with van der Waals surface area (Å²) < 4.78 is 21.3. The molecule has 0 saturated carbocycles. The number of nitrogens with zero attached hydrogens (tertiary/aromatic N) is 2. The first-order valence-corrected chi connectivity index (χ1v) is 8.58. The zero-order valence-corrected chi connectivity index (χ0v) is 14.3. The third-order valence-electron chi connectivity index (χ3n) is 4.45. The van der Waals surface area contributed by atoms with E-state index in [0.29, 0.717) is 13.2 Å². The highest BCUT2D eigenvalue weighted by Crippen LogP contribution is 2.25. The fourth-order valence-electron chi connectivity index (χ4n) is 3.03. The number of imidazole rings is 1. The van der Waals surface area contributed by atoms with Crippen LogP contribution in [0.5, 0.6) is 0 Å². The number of fused-ring (bicyclic) bond motifs is 1. The van der Waals surface area contributed by atoms with Gasteiger partial charge in [0.25, 0.3) is 0 Å². The zero-order valence-electron chi connectivity index (χ0n) is 14.3. The van der Waals surface area contributed by atoms with Crippen LogP contribution in [0.3, 0.4) is 0 Å². The van der Waals surface area contributed by atoms with E-state index in [1.54, 1.807) is 24.7 Å². The summed E-state index contributed by atoms with van der Waals surface area (Å²) in [7, 11) is 0. The third kappa shape index (κ3) is 3.81. The van der Waals surface area contributed by atoms with Gasteiger partial charge in [0.15, 0.2) is 0 Å². The van der Waals surface area contributed by atoms with Crippen LogP contribution in [0, 0.1) is 5.82 Å². The second-order valence-corrected chi connectivity index (χ2v) is 6.29. The molecule has 3 aromatic carbocycles. The molecule has 4 aromatic rings. The van der Waals surface area contributed by atoms with Gasteiger partial charge in [0, 0.05) is 12.4 Å². The minimum absolute atomic E-state index is 0.126. The summed E-state index contributed by atoms with van der Waals surface area (Å²) in [5, 5.41) is 2.39. The number of halogens is 1. The summed E-state index contributed by atoms with van der Waals surface area (Å²) in [6, 6.07) is 21.1. The van der Waals surface area contributed by atoms with Crippen molar-refractivity contribution in [3.05, 3.63) is 102 Å². The number of rotatable bonds is 6. The van der Waals surface area contributed by atoms with Crippen molar-refractivity contribution in [1.29, 1.82) is 0 Å². The highest BCUT2D eigenvalue weighted by molar-refractivity contribution is 5.83. The van der Waals surface area contributed by atoms with Crippen LogP contribution in [0.2, 0.25) is 0 Å². The van der Waals surface area contributed by atoms with Crippen molar-refractivity contribution < 1.29 is 9.13 Å². The van der Waals surface area contributed by atoms with Gasteiger partial charge < -0.3 is 9.30 Å². The van der Waals surface area contributed by atoms with Crippen LogP contribution in [0.1, 0.15) is 17.2 Å². The van der Waals surface area contributed by atoms with Crippen LogP contribution in [0.15, 0.2) is 85.5 Å². The van der Waals surface area contributed by atoms with Crippen molar-refractivity contribution in [2.75, 3.05) is 0 Å². The van der Waals surface area contributed by atoms with Gasteiger partial charge in [-0.25, -0.2) is 9.37 Å². The monoisotopic (exact) mass is 346 g/mol. The summed E-state index contributed by atoms with van der Waals surface area (Å²) >= 11 is 0. The Balaban J connectivity index is 1.59. The molecule has 0 bridgehead atoms. The molecule has 26 heavy (non-hydrogen) atoms. The van der Waals surface area contributed by atoms with E-state index in [4.69, 9.17) is 4.74 Å². The van der Waals surface area contributed by atoms with Crippen LogP contribution >= 0.6 is 0 Å². The lowest BCUT2D eigenvalue weighted by Crippen LogP contribution is -2.12. The van der Waals surface area contributed by atoms with Gasteiger partial charge in [0.05, 0.1) is 19.5 Å². The first-order valence-electron chi connectivity index (χ1n) is 8.58. The topological polar surface area (TPSA) is 27.1 Å². The quantitative estimate of drug-likeness (QED) is 0.484. The molecular weight excluding hydrogens is 327 g/mol. The minimum atomic E-state index is -0.238. The van der Waals surface area contributed by atoms with Gasteiger partial charge in [-0.3, -0.25) is 0 Å². The zero-order chi connectivity index (χ0) is 17.8. The summed E-state index contributed by atoms with van der Waals surface area (Å²) in [4.78, 5) is 4.11. The summed E-state index contributed by atoms with van der Waals surface area (Å²) in [5.41, 5.74) is 2.06. The first-order chi connectivity index (χ1) is 12.8. The van der Waals surface area contributed by atoms with Crippen molar-refractivity contribution in [2.45, 2.75) is 19.3 Å². The Bertz CT molecular complexity index is 981. The van der Waals surface area contributed by atoms with E-state index in [9.17, 15) is 4.39 Å². The Kier molecular flexibility index (Phi) is 4.75. The first kappa shape index (κ1) is 16.5. The molecule has 1 unspecified atom stereocenters. The van der Waals surface area contributed by atoms with Crippen LogP contribution in [-0.4, -0.2) is 9.55 Å². The molecule has 0 fully saturated rings. The fraction of sp³-hybridized carbons (Fsp3) is 0.136. The molecule has 0 radical (unpaired) electrons. The second-order valence-electron chi connectivity index (χ2n) is 6.29. The number of aromatic nitrogens is 2. The summed E-state index contributed by atoms with van der Waals surface area (Å²) in [6.07, 6.45) is 5.35. The predicted molar refractivity (Wildman–Crippen MR) is 100 cm³/mol. The van der Waals surface area contributed by atoms with Crippen molar-refractivity contribution in [1.82, 2.24) is 9.55 Å². The lowest BCUT2D eigenvalue weighted by atomic mass is 10.0. The Morgan fingerprint density at radius 1 is 0.962 bits per heavy atom. The van der Waals surface area contributed by atoms with Crippen molar-refractivity contribution in [3.63, 3.8) is 0 Å². The Morgan fingerprint density at radius 2 is 1.77 bits per heavy atom. The molecule has 1 heterocycles. The Labute approximate surface area is 151 Å². The molecule has 0 amide bonds. The average molecular weight is 346 g/mol. The van der Waals surface area contributed by atoms with E-state index in [2.05, 4.69) is 35.3 Å². The number of hydrogen-bond donors (Lipinski definition) is 0. The standard InChI is InChI=1S/C22H19FN2O/c23-21-9-5-17(6-10-21)15-26-22(14-25-12-11-24-16-25)20-8-7-18-3-1-2-4-19(18)13-20/h1-13,16,22H,14-15H2. The van der Waals surface area contributed by atoms with Gasteiger partial charge in [0.1, 0.15) is 11.9 Å². The maximum Gasteiger partial charge on any atom is 0.123 e. The lowest BCUT2D eigenvalue weighted by molar-refractivity contribution is 0.0280. The van der Waals surface area contributed by atoms with Crippen LogP contribution in [0.25, 0.3) is 10.8 Å². The average Bonchev–Trinajstić information content (AvgIpc) is 3.19. The maximum absolute atomic E-state index is 13.1. The van der Waals surface area contributed by atoms with Gasteiger partial charge in [-0.1, -0.05) is 48.5 Å². The maximum atomic E-state index is 13.1. The molecule has 0 aliphatic rings. The fourth-order valence-corrected chi connectivity index (χ4v) is 3.03. The van der Waals surface area contributed by atoms with Crippen LogP contribution in [-0.2, 0) is 17.9 Å². The van der Waals surface area contributed by atoms with E-state index in [1.165, 1.54) is 22.9 Å². The molecule has 1 atom stereocenters. The molecule has 4 rings (SSSR count). The van der Waals surface area contributed by atoms with Crippen LogP contribution < -0.4 is 0 Å². The highest BCUT2D eigenvalue weighted by Gasteiger charge is 2.14. The van der Waals surface area contributed by atoms with Crippen molar-refractivity contribution in [2.24, 2.45) is 0 Å². The molecule has 0 aliphatic heterocycles.